The van der Waals surface area contributed by atoms with E-state index in [0.717, 1.165) is 18.6 Å². The van der Waals surface area contributed by atoms with Gasteiger partial charge in [-0.1, -0.05) is 18.2 Å². The molecule has 1 fully saturated rings. The molecule has 2 aromatic carbocycles. The van der Waals surface area contributed by atoms with Crippen molar-refractivity contribution < 1.29 is 9.53 Å². The molecule has 4 nitrogen and oxygen atoms in total. The van der Waals surface area contributed by atoms with E-state index in [9.17, 15) is 4.79 Å². The molecular formula is C18H21ClN2O2. The van der Waals surface area contributed by atoms with Crippen LogP contribution >= 0.6 is 12.4 Å². The van der Waals surface area contributed by atoms with Crippen molar-refractivity contribution >= 4 is 29.7 Å². The van der Waals surface area contributed by atoms with Crippen molar-refractivity contribution in [3.8, 4) is 5.75 Å². The van der Waals surface area contributed by atoms with Gasteiger partial charge in [-0.25, -0.2) is 0 Å². The van der Waals surface area contributed by atoms with Crippen molar-refractivity contribution in [3.05, 3.63) is 54.1 Å². The van der Waals surface area contributed by atoms with Gasteiger partial charge < -0.3 is 15.8 Å². The van der Waals surface area contributed by atoms with Gasteiger partial charge in [0.25, 0.3) is 5.91 Å². The lowest BCUT2D eigenvalue weighted by atomic mass is 10.2. The van der Waals surface area contributed by atoms with Crippen molar-refractivity contribution in [1.82, 2.24) is 0 Å². The summed E-state index contributed by atoms with van der Waals surface area (Å²) in [6.07, 6.45) is 4.84. The third-order valence-corrected chi connectivity index (χ3v) is 3.88. The number of hydrogen-bond acceptors (Lipinski definition) is 3. The van der Waals surface area contributed by atoms with E-state index in [1.807, 2.05) is 24.3 Å². The molecule has 2 aromatic rings. The molecule has 3 N–H and O–H groups in total. The molecule has 0 aromatic heterocycles. The molecule has 0 bridgehead atoms. The number of ether oxygens (including phenoxy) is 1. The van der Waals surface area contributed by atoms with E-state index >= 15 is 0 Å². The van der Waals surface area contributed by atoms with Gasteiger partial charge in [0.15, 0.2) is 0 Å². The van der Waals surface area contributed by atoms with Gasteiger partial charge in [0.2, 0.25) is 0 Å². The largest absolute Gasteiger partial charge is 0.488 e. The van der Waals surface area contributed by atoms with E-state index in [-0.39, 0.29) is 24.4 Å². The SMILES string of the molecule is Cl.Nc1cccc(C(=O)Nc2ccccc2OC2CCCC2)c1. The Morgan fingerprint density at radius 1 is 1.09 bits per heavy atom. The van der Waals surface area contributed by atoms with Crippen molar-refractivity contribution in [2.45, 2.75) is 31.8 Å². The first-order valence-electron chi connectivity index (χ1n) is 7.65. The zero-order chi connectivity index (χ0) is 15.4. The Kier molecular flexibility index (Phi) is 5.88. The van der Waals surface area contributed by atoms with Crippen molar-refractivity contribution in [2.24, 2.45) is 0 Å². The van der Waals surface area contributed by atoms with Crippen LogP contribution in [-0.4, -0.2) is 12.0 Å². The van der Waals surface area contributed by atoms with Crippen LogP contribution in [0.15, 0.2) is 48.5 Å². The molecule has 0 radical (unpaired) electrons. The number of amides is 1. The number of nitrogens with one attached hydrogen (secondary N) is 1. The Hall–Kier alpha value is -2.20. The third-order valence-electron chi connectivity index (χ3n) is 3.88. The minimum atomic E-state index is -0.185. The average molecular weight is 333 g/mol. The number of nitrogen functional groups attached to an aromatic ring is 1. The van der Waals surface area contributed by atoms with Crippen LogP contribution in [0.4, 0.5) is 11.4 Å². The maximum Gasteiger partial charge on any atom is 0.255 e. The van der Waals surface area contributed by atoms with Crippen LogP contribution in [0.5, 0.6) is 5.75 Å². The van der Waals surface area contributed by atoms with E-state index < -0.39 is 0 Å². The summed E-state index contributed by atoms with van der Waals surface area (Å²) < 4.78 is 6.03. The maximum atomic E-state index is 12.3. The molecule has 0 saturated heterocycles. The molecule has 5 heteroatoms. The lowest BCUT2D eigenvalue weighted by molar-refractivity contribution is 0.102. The number of nitrogens with two attached hydrogens (primary N) is 1. The van der Waals surface area contributed by atoms with Crippen LogP contribution in [0.2, 0.25) is 0 Å². The Balaban J connectivity index is 0.00000192. The smallest absolute Gasteiger partial charge is 0.255 e. The minimum absolute atomic E-state index is 0. The van der Waals surface area contributed by atoms with E-state index in [1.165, 1.54) is 12.8 Å². The van der Waals surface area contributed by atoms with E-state index in [1.54, 1.807) is 24.3 Å². The lowest BCUT2D eigenvalue weighted by Gasteiger charge is -2.17. The molecule has 1 aliphatic carbocycles. The number of carbonyl (C=O) groups is 1. The fourth-order valence-electron chi connectivity index (χ4n) is 2.73. The van der Waals surface area contributed by atoms with Crippen molar-refractivity contribution in [3.63, 3.8) is 0 Å². The monoisotopic (exact) mass is 332 g/mol. The Morgan fingerprint density at radius 3 is 2.57 bits per heavy atom. The fourth-order valence-corrected chi connectivity index (χ4v) is 2.73. The second-order valence-corrected chi connectivity index (χ2v) is 5.60. The zero-order valence-corrected chi connectivity index (χ0v) is 13.6. The molecule has 1 amide bonds. The summed E-state index contributed by atoms with van der Waals surface area (Å²) in [5.41, 5.74) is 7.53. The maximum absolute atomic E-state index is 12.3. The topological polar surface area (TPSA) is 64.4 Å². The predicted molar refractivity (Wildman–Crippen MR) is 95.4 cm³/mol. The summed E-state index contributed by atoms with van der Waals surface area (Å²) in [6.45, 7) is 0. The van der Waals surface area contributed by atoms with Crippen LogP contribution in [-0.2, 0) is 0 Å². The van der Waals surface area contributed by atoms with Crippen molar-refractivity contribution in [2.75, 3.05) is 11.1 Å². The second-order valence-electron chi connectivity index (χ2n) is 5.60. The highest BCUT2D eigenvalue weighted by atomic mass is 35.5. The van der Waals surface area contributed by atoms with Gasteiger partial charge in [-0.2, -0.15) is 0 Å². The van der Waals surface area contributed by atoms with E-state index in [2.05, 4.69) is 5.32 Å². The Bertz CT molecular complexity index is 670. The predicted octanol–water partition coefficient (Wildman–Crippen LogP) is 4.26. The minimum Gasteiger partial charge on any atom is -0.488 e. The van der Waals surface area contributed by atoms with Crippen LogP contribution < -0.4 is 15.8 Å². The summed E-state index contributed by atoms with van der Waals surface area (Å²) in [5.74, 6) is 0.543. The van der Waals surface area contributed by atoms with Crippen LogP contribution in [0.3, 0.4) is 0 Å². The number of benzene rings is 2. The van der Waals surface area contributed by atoms with Crippen LogP contribution in [0.25, 0.3) is 0 Å². The number of carbonyl (C=O) groups excluding carboxylic acids is 1. The zero-order valence-electron chi connectivity index (χ0n) is 12.8. The number of halogens is 1. The summed E-state index contributed by atoms with van der Waals surface area (Å²) in [6, 6.07) is 14.5. The van der Waals surface area contributed by atoms with Gasteiger partial charge in [0.1, 0.15) is 5.75 Å². The first-order chi connectivity index (χ1) is 10.7. The highest BCUT2D eigenvalue weighted by Crippen LogP contribution is 2.30. The number of rotatable bonds is 4. The second kappa shape index (κ2) is 7.88. The lowest BCUT2D eigenvalue weighted by Crippen LogP contribution is -2.16. The highest BCUT2D eigenvalue weighted by Gasteiger charge is 2.18. The Morgan fingerprint density at radius 2 is 1.83 bits per heavy atom. The molecule has 1 aliphatic rings. The van der Waals surface area contributed by atoms with Gasteiger partial charge in [-0.15, -0.1) is 12.4 Å². The Labute approximate surface area is 142 Å². The average Bonchev–Trinajstić information content (AvgIpc) is 3.02. The van der Waals surface area contributed by atoms with E-state index in [4.69, 9.17) is 10.5 Å². The standard InChI is InChI=1S/C18H20N2O2.ClH/c19-14-7-5-6-13(12-14)18(21)20-16-10-3-4-11-17(16)22-15-8-1-2-9-15;/h3-7,10-12,15H,1-2,8-9,19H2,(H,20,21);1H. The van der Waals surface area contributed by atoms with Gasteiger partial charge in [-0.05, 0) is 56.0 Å². The van der Waals surface area contributed by atoms with Gasteiger partial charge >= 0.3 is 0 Å². The molecule has 122 valence electrons. The van der Waals surface area contributed by atoms with Gasteiger partial charge in [-0.3, -0.25) is 4.79 Å². The molecule has 0 aliphatic heterocycles. The third kappa shape index (κ3) is 4.39. The normalized spacial score (nSPS) is 14.1. The summed E-state index contributed by atoms with van der Waals surface area (Å²) in [5, 5.41) is 2.91. The summed E-state index contributed by atoms with van der Waals surface area (Å²) >= 11 is 0. The number of hydrogen-bond donors (Lipinski definition) is 2. The van der Waals surface area contributed by atoms with Gasteiger partial charge in [0, 0.05) is 11.3 Å². The quantitative estimate of drug-likeness (QED) is 0.822. The van der Waals surface area contributed by atoms with Crippen LogP contribution in [0, 0.1) is 0 Å². The number of para-hydroxylation sites is 2. The first kappa shape index (κ1) is 17.2. The molecule has 23 heavy (non-hydrogen) atoms. The highest BCUT2D eigenvalue weighted by molar-refractivity contribution is 6.05. The summed E-state index contributed by atoms with van der Waals surface area (Å²) in [7, 11) is 0. The molecule has 0 atom stereocenters. The molecule has 0 spiro atoms. The van der Waals surface area contributed by atoms with Crippen molar-refractivity contribution in [1.29, 1.82) is 0 Å². The molecule has 0 unspecified atom stereocenters. The molecule has 3 rings (SSSR count). The fraction of sp³-hybridized carbons (Fsp3) is 0.278. The number of anilines is 2. The summed E-state index contributed by atoms with van der Waals surface area (Å²) in [4.78, 5) is 12.3. The van der Waals surface area contributed by atoms with E-state index in [0.29, 0.717) is 16.9 Å². The van der Waals surface area contributed by atoms with Crippen LogP contribution in [0.1, 0.15) is 36.0 Å². The molecular weight excluding hydrogens is 312 g/mol. The first-order valence-corrected chi connectivity index (χ1v) is 7.65. The molecule has 0 heterocycles. The molecule has 1 saturated carbocycles. The van der Waals surface area contributed by atoms with Gasteiger partial charge in [0.05, 0.1) is 11.8 Å².